The summed E-state index contributed by atoms with van der Waals surface area (Å²) in [5, 5.41) is 9.18. The summed E-state index contributed by atoms with van der Waals surface area (Å²) in [6.07, 6.45) is 0. The van der Waals surface area contributed by atoms with Gasteiger partial charge in [0.25, 0.3) is 0 Å². The molecule has 1 N–H and O–H groups in total. The molecular formula is C14H17FO4. The van der Waals surface area contributed by atoms with E-state index in [0.717, 1.165) is 0 Å². The maximum atomic E-state index is 13.9. The lowest BCUT2D eigenvalue weighted by Crippen LogP contribution is -2.53. The highest BCUT2D eigenvalue weighted by atomic mass is 19.1. The van der Waals surface area contributed by atoms with E-state index >= 15 is 0 Å². The summed E-state index contributed by atoms with van der Waals surface area (Å²) >= 11 is 0. The number of carboxylic acids is 1. The van der Waals surface area contributed by atoms with E-state index in [0.29, 0.717) is 25.4 Å². The third-order valence-corrected chi connectivity index (χ3v) is 3.73. The van der Waals surface area contributed by atoms with Crippen molar-refractivity contribution in [2.75, 3.05) is 19.8 Å². The molecule has 1 fully saturated rings. The van der Waals surface area contributed by atoms with Gasteiger partial charge in [0, 0.05) is 0 Å². The summed E-state index contributed by atoms with van der Waals surface area (Å²) in [6.45, 7) is 4.39. The molecule has 0 saturated carbocycles. The molecular weight excluding hydrogens is 251 g/mol. The topological polar surface area (TPSA) is 55.8 Å². The van der Waals surface area contributed by atoms with Crippen LogP contribution in [0, 0.1) is 11.7 Å². The number of halogens is 1. The summed E-state index contributed by atoms with van der Waals surface area (Å²) in [4.78, 5) is 11.2. The minimum atomic E-state index is -0.905. The van der Waals surface area contributed by atoms with E-state index in [1.165, 1.54) is 6.07 Å². The van der Waals surface area contributed by atoms with Gasteiger partial charge in [0.2, 0.25) is 0 Å². The highest BCUT2D eigenvalue weighted by Gasteiger charge is 2.48. The fraction of sp³-hybridized carbons (Fsp3) is 0.500. The van der Waals surface area contributed by atoms with Gasteiger partial charge in [0.15, 0.2) is 11.6 Å². The standard InChI is InChI=1S/C14H17FO4/c1-3-19-12-5-4-10(6-11(12)15)14(7-18-8-14)9(2)13(16)17/h4-6,9H,3,7-8H2,1-2H3,(H,16,17). The minimum absolute atomic E-state index is 0.185. The zero-order valence-electron chi connectivity index (χ0n) is 11.0. The predicted molar refractivity (Wildman–Crippen MR) is 66.9 cm³/mol. The molecule has 1 unspecified atom stereocenters. The smallest absolute Gasteiger partial charge is 0.307 e. The Kier molecular flexibility index (Phi) is 3.75. The molecule has 1 saturated heterocycles. The highest BCUT2D eigenvalue weighted by molar-refractivity contribution is 5.72. The molecule has 1 atom stereocenters. The molecule has 4 nitrogen and oxygen atoms in total. The second-order valence-electron chi connectivity index (χ2n) is 4.79. The Labute approximate surface area is 111 Å². The highest BCUT2D eigenvalue weighted by Crippen LogP contribution is 2.40. The zero-order valence-corrected chi connectivity index (χ0v) is 11.0. The molecule has 1 aliphatic rings. The molecule has 0 spiro atoms. The van der Waals surface area contributed by atoms with Gasteiger partial charge in [0.1, 0.15) is 0 Å². The first kappa shape index (κ1) is 13.8. The van der Waals surface area contributed by atoms with Crippen molar-refractivity contribution in [3.63, 3.8) is 0 Å². The lowest BCUT2D eigenvalue weighted by Gasteiger charge is -2.44. The Morgan fingerprint density at radius 2 is 2.26 bits per heavy atom. The van der Waals surface area contributed by atoms with Gasteiger partial charge in [-0.25, -0.2) is 4.39 Å². The summed E-state index contributed by atoms with van der Waals surface area (Å²) in [5.41, 5.74) is 0.00633. The van der Waals surface area contributed by atoms with E-state index in [1.807, 2.05) is 0 Å². The van der Waals surface area contributed by atoms with Crippen LogP contribution in [0.15, 0.2) is 18.2 Å². The van der Waals surface area contributed by atoms with E-state index in [9.17, 15) is 14.3 Å². The number of benzene rings is 1. The molecule has 19 heavy (non-hydrogen) atoms. The molecule has 1 aromatic carbocycles. The van der Waals surface area contributed by atoms with Gasteiger partial charge in [-0.1, -0.05) is 13.0 Å². The Balaban J connectivity index is 2.34. The lowest BCUT2D eigenvalue weighted by atomic mass is 9.69. The number of ether oxygens (including phenoxy) is 2. The molecule has 104 valence electrons. The number of carbonyl (C=O) groups is 1. The van der Waals surface area contributed by atoms with Crippen LogP contribution >= 0.6 is 0 Å². The second-order valence-corrected chi connectivity index (χ2v) is 4.79. The predicted octanol–water partition coefficient (Wildman–Crippen LogP) is 2.21. The molecule has 0 aliphatic carbocycles. The molecule has 0 aromatic heterocycles. The average molecular weight is 268 g/mol. The number of aliphatic carboxylic acids is 1. The normalized spacial score (nSPS) is 18.5. The van der Waals surface area contributed by atoms with Gasteiger partial charge < -0.3 is 14.6 Å². The van der Waals surface area contributed by atoms with Crippen molar-refractivity contribution in [2.24, 2.45) is 5.92 Å². The first-order chi connectivity index (χ1) is 9.01. The molecule has 1 aliphatic heterocycles. The first-order valence-electron chi connectivity index (χ1n) is 6.24. The summed E-state index contributed by atoms with van der Waals surface area (Å²) in [7, 11) is 0. The van der Waals surface area contributed by atoms with E-state index < -0.39 is 23.1 Å². The van der Waals surface area contributed by atoms with E-state index in [4.69, 9.17) is 9.47 Å². The third-order valence-electron chi connectivity index (χ3n) is 3.73. The molecule has 0 amide bonds. The Bertz CT molecular complexity index is 482. The van der Waals surface area contributed by atoms with Gasteiger partial charge in [-0.15, -0.1) is 0 Å². The maximum Gasteiger partial charge on any atom is 0.307 e. The number of hydrogen-bond donors (Lipinski definition) is 1. The largest absolute Gasteiger partial charge is 0.491 e. The van der Waals surface area contributed by atoms with Crippen LogP contribution in [0.2, 0.25) is 0 Å². The van der Waals surface area contributed by atoms with Crippen LogP contribution in [0.1, 0.15) is 19.4 Å². The number of carboxylic acid groups (broad SMARTS) is 1. The van der Waals surface area contributed by atoms with Crippen molar-refractivity contribution < 1.29 is 23.8 Å². The van der Waals surface area contributed by atoms with Crippen LogP contribution < -0.4 is 4.74 Å². The fourth-order valence-corrected chi connectivity index (χ4v) is 2.31. The quantitative estimate of drug-likeness (QED) is 0.889. The Morgan fingerprint density at radius 1 is 1.58 bits per heavy atom. The fourth-order valence-electron chi connectivity index (χ4n) is 2.31. The van der Waals surface area contributed by atoms with Crippen LogP contribution in [0.25, 0.3) is 0 Å². The van der Waals surface area contributed by atoms with Gasteiger partial charge in [-0.05, 0) is 24.6 Å². The molecule has 5 heteroatoms. The van der Waals surface area contributed by atoms with E-state index in [-0.39, 0.29) is 5.75 Å². The van der Waals surface area contributed by atoms with Crippen molar-refractivity contribution in [1.29, 1.82) is 0 Å². The van der Waals surface area contributed by atoms with Crippen molar-refractivity contribution in [1.82, 2.24) is 0 Å². The van der Waals surface area contributed by atoms with Gasteiger partial charge in [-0.3, -0.25) is 4.79 Å². The van der Waals surface area contributed by atoms with Crippen LogP contribution in [0.5, 0.6) is 5.75 Å². The Hall–Kier alpha value is -1.62. The van der Waals surface area contributed by atoms with Crippen LogP contribution in [-0.4, -0.2) is 30.9 Å². The second kappa shape index (κ2) is 5.17. The van der Waals surface area contributed by atoms with Gasteiger partial charge in [-0.2, -0.15) is 0 Å². The number of hydrogen-bond acceptors (Lipinski definition) is 3. The molecule has 0 radical (unpaired) electrons. The lowest BCUT2D eigenvalue weighted by molar-refractivity contribution is -0.155. The molecule has 1 heterocycles. The Morgan fingerprint density at radius 3 is 2.68 bits per heavy atom. The number of rotatable bonds is 5. The molecule has 2 rings (SSSR count). The monoisotopic (exact) mass is 268 g/mol. The van der Waals surface area contributed by atoms with Gasteiger partial charge in [0.05, 0.1) is 31.2 Å². The molecule has 0 bridgehead atoms. The van der Waals surface area contributed by atoms with Gasteiger partial charge >= 0.3 is 5.97 Å². The van der Waals surface area contributed by atoms with E-state index in [2.05, 4.69) is 0 Å². The van der Waals surface area contributed by atoms with Crippen LogP contribution in [-0.2, 0) is 14.9 Å². The van der Waals surface area contributed by atoms with Crippen molar-refractivity contribution >= 4 is 5.97 Å². The summed E-state index contributed by atoms with van der Waals surface area (Å²) in [6, 6.07) is 4.62. The average Bonchev–Trinajstić information content (AvgIpc) is 2.31. The van der Waals surface area contributed by atoms with Crippen molar-refractivity contribution in [3.05, 3.63) is 29.6 Å². The van der Waals surface area contributed by atoms with Crippen molar-refractivity contribution in [3.8, 4) is 5.75 Å². The summed E-state index contributed by atoms with van der Waals surface area (Å²) < 4.78 is 24.2. The molecule has 1 aromatic rings. The zero-order chi connectivity index (χ0) is 14.0. The maximum absolute atomic E-state index is 13.9. The van der Waals surface area contributed by atoms with Crippen molar-refractivity contribution in [2.45, 2.75) is 19.3 Å². The van der Waals surface area contributed by atoms with Crippen LogP contribution in [0.3, 0.4) is 0 Å². The first-order valence-corrected chi connectivity index (χ1v) is 6.24. The van der Waals surface area contributed by atoms with Crippen LogP contribution in [0.4, 0.5) is 4.39 Å². The third kappa shape index (κ3) is 2.30. The SMILES string of the molecule is CCOc1ccc(C2(C(C)C(=O)O)COC2)cc1F. The van der Waals surface area contributed by atoms with E-state index in [1.54, 1.807) is 26.0 Å². The minimum Gasteiger partial charge on any atom is -0.491 e. The summed E-state index contributed by atoms with van der Waals surface area (Å²) in [5.74, 6) is -1.82.